The predicted molar refractivity (Wildman–Crippen MR) is 29.6 cm³/mol. The van der Waals surface area contributed by atoms with E-state index < -0.39 is 34.8 Å². The fourth-order valence-corrected chi connectivity index (χ4v) is 1.10. The van der Waals surface area contributed by atoms with Crippen LogP contribution in [-0.4, -0.2) is 28.2 Å². The first kappa shape index (κ1) is 10.6. The van der Waals surface area contributed by atoms with Crippen LogP contribution in [-0.2, 0) is 21.1 Å². The molecule has 0 amide bonds. The highest BCUT2D eigenvalue weighted by atomic mass is 32.2. The third-order valence-electron chi connectivity index (χ3n) is 0.603. The van der Waals surface area contributed by atoms with Crippen LogP contribution in [0, 0.1) is 0 Å². The molecule has 0 bridgehead atoms. The number of carbonyl (C=O) groups is 1. The summed E-state index contributed by atoms with van der Waals surface area (Å²) in [6, 6.07) is 0. The maximum atomic E-state index is 11.4. The summed E-state index contributed by atoms with van der Waals surface area (Å²) in [4.78, 5) is 9.62. The van der Waals surface area contributed by atoms with E-state index in [0.717, 1.165) is 0 Å². The second-order valence-electron chi connectivity index (χ2n) is 1.72. The lowest BCUT2D eigenvalue weighted by atomic mass is 10.8. The molecule has 0 aliphatic rings. The van der Waals surface area contributed by atoms with Crippen LogP contribution in [0.3, 0.4) is 0 Å². The van der Waals surface area contributed by atoms with Gasteiger partial charge in [0, 0.05) is 0 Å². The molecule has 0 aromatic carbocycles. The van der Waals surface area contributed by atoms with E-state index in [-0.39, 0.29) is 0 Å². The maximum Gasteiger partial charge on any atom is 0.433 e. The molecule has 1 radical (unpaired) electrons. The summed E-state index contributed by atoms with van der Waals surface area (Å²) in [6.45, 7) is 0. The van der Waals surface area contributed by atoms with Gasteiger partial charge in [-0.25, -0.2) is 9.90 Å². The lowest BCUT2D eigenvalue weighted by molar-refractivity contribution is -0.139. The Balaban J connectivity index is 3.69. The van der Waals surface area contributed by atoms with Gasteiger partial charge < -0.3 is 4.55 Å². The Kier molecular flexibility index (Phi) is 3.67. The Labute approximate surface area is 63.4 Å². The van der Waals surface area contributed by atoms with Gasteiger partial charge >= 0.3 is 12.1 Å². The summed E-state index contributed by atoms with van der Waals surface area (Å²) >= 11 is -2.41. The number of alkyl halides is 3. The first-order valence-electron chi connectivity index (χ1n) is 2.43. The minimum absolute atomic E-state index is 1.07. The Morgan fingerprint density at radius 2 is 1.91 bits per heavy atom. The summed E-state index contributed by atoms with van der Waals surface area (Å²) in [7, 11) is 0. The summed E-state index contributed by atoms with van der Waals surface area (Å²) < 4.78 is 44.3. The Morgan fingerprint density at radius 1 is 1.45 bits per heavy atom. The minimum atomic E-state index is -4.58. The van der Waals surface area contributed by atoms with Crippen LogP contribution in [0.5, 0.6) is 0 Å². The second-order valence-corrected chi connectivity index (χ2v) is 3.17. The van der Waals surface area contributed by atoms with Gasteiger partial charge in [0.1, 0.15) is 0 Å². The van der Waals surface area contributed by atoms with Crippen molar-refractivity contribution in [2.45, 2.75) is 6.18 Å². The zero-order valence-electron chi connectivity index (χ0n) is 5.18. The molecular weight excluding hydrogens is 185 g/mol. The number of halogens is 3. The largest absolute Gasteiger partial charge is 0.616 e. The fourth-order valence-electron chi connectivity index (χ4n) is 0.365. The molecule has 0 aromatic rings. The molecule has 0 saturated carbocycles. The third-order valence-corrected chi connectivity index (χ3v) is 1.81. The number of hydrogen-bond donors (Lipinski definition) is 0. The average Bonchev–Trinajstić information content (AvgIpc) is 1.53. The first-order valence-corrected chi connectivity index (χ1v) is 3.91. The van der Waals surface area contributed by atoms with E-state index in [9.17, 15) is 27.6 Å². The molecule has 3 nitrogen and oxygen atoms in total. The van der Waals surface area contributed by atoms with Crippen LogP contribution in [0.25, 0.3) is 0 Å². The standard InChI is InChI=1S/C4H4F3O3S/c5-4(6,7)2-11(10)1-3(8)9/h1-2H2. The van der Waals surface area contributed by atoms with Crippen molar-refractivity contribution >= 4 is 17.1 Å². The van der Waals surface area contributed by atoms with Crippen molar-refractivity contribution in [1.82, 2.24) is 0 Å². The SMILES string of the molecule is [O]C(=O)C[S+]([O-])CC(F)(F)F. The highest BCUT2D eigenvalue weighted by Crippen LogP contribution is 2.17. The Hall–Kier alpha value is -0.430. The lowest BCUT2D eigenvalue weighted by Crippen LogP contribution is -2.27. The molecule has 0 spiro atoms. The van der Waals surface area contributed by atoms with E-state index in [4.69, 9.17) is 0 Å². The van der Waals surface area contributed by atoms with Crippen molar-refractivity contribution in [2.75, 3.05) is 11.5 Å². The van der Waals surface area contributed by atoms with Gasteiger partial charge in [0.15, 0.2) is 0 Å². The Bertz CT molecular complexity index is 146. The highest BCUT2D eigenvalue weighted by Gasteiger charge is 2.35. The quantitative estimate of drug-likeness (QED) is 0.597. The molecule has 0 aliphatic heterocycles. The normalized spacial score (nSPS) is 14.5. The topological polar surface area (TPSA) is 60.0 Å². The van der Waals surface area contributed by atoms with Crippen molar-refractivity contribution in [3.05, 3.63) is 0 Å². The molecular formula is C4H4F3O3S. The van der Waals surface area contributed by atoms with Crippen LogP contribution in [0.4, 0.5) is 13.2 Å². The zero-order chi connectivity index (χ0) is 9.07. The van der Waals surface area contributed by atoms with Gasteiger partial charge in [-0.15, -0.1) is 0 Å². The van der Waals surface area contributed by atoms with Crippen molar-refractivity contribution < 1.29 is 27.6 Å². The molecule has 11 heavy (non-hydrogen) atoms. The molecule has 1 atom stereocenters. The van der Waals surface area contributed by atoms with Crippen LogP contribution < -0.4 is 0 Å². The monoisotopic (exact) mass is 189 g/mol. The summed E-state index contributed by atoms with van der Waals surface area (Å²) in [5.74, 6) is -4.41. The van der Waals surface area contributed by atoms with Crippen LogP contribution in [0.1, 0.15) is 0 Å². The number of rotatable bonds is 3. The van der Waals surface area contributed by atoms with Gasteiger partial charge in [-0.2, -0.15) is 13.2 Å². The predicted octanol–water partition coefficient (Wildman–Crippen LogP) is 0.254. The van der Waals surface area contributed by atoms with Crippen molar-refractivity contribution in [1.29, 1.82) is 0 Å². The molecule has 1 unspecified atom stereocenters. The second kappa shape index (κ2) is 3.82. The minimum Gasteiger partial charge on any atom is -0.616 e. The summed E-state index contributed by atoms with van der Waals surface area (Å²) in [5, 5.41) is 9.62. The van der Waals surface area contributed by atoms with Gasteiger partial charge in [-0.05, 0) is 11.2 Å². The van der Waals surface area contributed by atoms with E-state index >= 15 is 0 Å². The van der Waals surface area contributed by atoms with Crippen molar-refractivity contribution in [2.24, 2.45) is 0 Å². The van der Waals surface area contributed by atoms with E-state index in [1.54, 1.807) is 0 Å². The van der Waals surface area contributed by atoms with E-state index in [1.807, 2.05) is 0 Å². The van der Waals surface area contributed by atoms with E-state index in [1.165, 1.54) is 0 Å². The van der Waals surface area contributed by atoms with Gasteiger partial charge in [-0.3, -0.25) is 0 Å². The van der Waals surface area contributed by atoms with Crippen LogP contribution in [0.2, 0.25) is 0 Å². The molecule has 0 N–H and O–H groups in total. The average molecular weight is 189 g/mol. The van der Waals surface area contributed by atoms with Crippen molar-refractivity contribution in [3.8, 4) is 0 Å². The van der Waals surface area contributed by atoms with Crippen LogP contribution in [0.15, 0.2) is 0 Å². The maximum absolute atomic E-state index is 11.4. The van der Waals surface area contributed by atoms with Gasteiger partial charge in [0.25, 0.3) is 0 Å². The third kappa shape index (κ3) is 7.47. The molecule has 65 valence electrons. The molecule has 0 saturated heterocycles. The smallest absolute Gasteiger partial charge is 0.433 e. The lowest BCUT2D eigenvalue weighted by Gasteiger charge is -2.09. The van der Waals surface area contributed by atoms with Gasteiger partial charge in [-0.1, -0.05) is 0 Å². The molecule has 0 aromatic heterocycles. The summed E-state index contributed by atoms with van der Waals surface area (Å²) in [5.41, 5.74) is 0. The zero-order valence-corrected chi connectivity index (χ0v) is 6.00. The number of carbonyl (C=O) groups excluding carboxylic acids is 1. The molecule has 0 fully saturated rings. The van der Waals surface area contributed by atoms with Crippen LogP contribution >= 0.6 is 0 Å². The van der Waals surface area contributed by atoms with Crippen molar-refractivity contribution in [3.63, 3.8) is 0 Å². The molecule has 0 aliphatic carbocycles. The highest BCUT2D eigenvalue weighted by molar-refractivity contribution is 7.92. The first-order chi connectivity index (χ1) is 4.81. The molecule has 0 heterocycles. The molecule has 0 rings (SSSR count). The molecule has 7 heteroatoms. The van der Waals surface area contributed by atoms with Gasteiger partial charge in [0.05, 0.1) is 0 Å². The van der Waals surface area contributed by atoms with Gasteiger partial charge in [0.2, 0.25) is 11.5 Å². The fraction of sp³-hybridized carbons (Fsp3) is 0.750. The Morgan fingerprint density at radius 3 is 2.18 bits per heavy atom. The summed E-state index contributed by atoms with van der Waals surface area (Å²) in [6.07, 6.45) is -4.58. The van der Waals surface area contributed by atoms with E-state index in [0.29, 0.717) is 0 Å². The van der Waals surface area contributed by atoms with E-state index in [2.05, 4.69) is 0 Å². The number of hydrogen-bond acceptors (Lipinski definition) is 2.